The number of rotatable bonds is 5. The highest BCUT2D eigenvalue weighted by molar-refractivity contribution is 5.79. The molecule has 184 valence electrons. The van der Waals surface area contributed by atoms with Gasteiger partial charge in [-0.25, -0.2) is 13.5 Å². The number of aryl methyl sites for hydroxylation is 1. The van der Waals surface area contributed by atoms with Crippen LogP contribution in [0.1, 0.15) is 18.4 Å². The van der Waals surface area contributed by atoms with Crippen molar-refractivity contribution in [3.05, 3.63) is 59.9 Å². The second-order valence-electron chi connectivity index (χ2n) is 9.02. The summed E-state index contributed by atoms with van der Waals surface area (Å²) < 4.78 is 33.8. The monoisotopic (exact) mass is 482 g/mol. The summed E-state index contributed by atoms with van der Waals surface area (Å²) in [6, 6.07) is 9.34. The molecule has 0 radical (unpaired) electrons. The predicted molar refractivity (Wildman–Crippen MR) is 128 cm³/mol. The van der Waals surface area contributed by atoms with Gasteiger partial charge in [-0.15, -0.1) is 5.10 Å². The van der Waals surface area contributed by atoms with Gasteiger partial charge in [-0.2, -0.15) is 4.98 Å². The minimum atomic E-state index is -0.677. The summed E-state index contributed by atoms with van der Waals surface area (Å²) in [4.78, 5) is 21.3. The van der Waals surface area contributed by atoms with E-state index < -0.39 is 11.6 Å². The number of piperidine rings is 1. The van der Waals surface area contributed by atoms with Crippen LogP contribution in [0.3, 0.4) is 0 Å². The van der Waals surface area contributed by atoms with Gasteiger partial charge in [0.05, 0.1) is 18.9 Å². The Morgan fingerprint density at radius 1 is 0.971 bits per heavy atom. The van der Waals surface area contributed by atoms with Crippen LogP contribution in [0, 0.1) is 24.5 Å². The van der Waals surface area contributed by atoms with Gasteiger partial charge in [0.25, 0.3) is 0 Å². The fourth-order valence-corrected chi connectivity index (χ4v) is 4.69. The maximum Gasteiger partial charge on any atom is 0.246 e. The number of anilines is 3. The molecule has 10 heteroatoms. The average Bonchev–Trinajstić information content (AvgIpc) is 3.32. The molecule has 2 aliphatic heterocycles. The normalized spacial score (nSPS) is 17.0. The maximum absolute atomic E-state index is 13.5. The number of hydrogen-bond acceptors (Lipinski definition) is 6. The number of carbonyl (C=O) groups is 1. The summed E-state index contributed by atoms with van der Waals surface area (Å²) in [5.74, 6) is -0.722. The van der Waals surface area contributed by atoms with Crippen molar-refractivity contribution in [2.45, 2.75) is 19.8 Å². The van der Waals surface area contributed by atoms with Crippen molar-refractivity contribution in [1.82, 2.24) is 19.7 Å². The summed E-state index contributed by atoms with van der Waals surface area (Å²) >= 11 is 0. The molecule has 0 aliphatic carbocycles. The van der Waals surface area contributed by atoms with E-state index in [1.807, 2.05) is 24.0 Å². The van der Waals surface area contributed by atoms with Gasteiger partial charge in [-0.1, -0.05) is 0 Å². The Morgan fingerprint density at radius 3 is 2.40 bits per heavy atom. The van der Waals surface area contributed by atoms with Crippen molar-refractivity contribution in [3.63, 3.8) is 0 Å². The molecule has 0 saturated carbocycles. The van der Waals surface area contributed by atoms with Crippen molar-refractivity contribution < 1.29 is 18.3 Å². The molecule has 0 unspecified atom stereocenters. The first-order chi connectivity index (χ1) is 16.9. The molecule has 3 heterocycles. The molecule has 2 aliphatic rings. The number of benzene rings is 2. The van der Waals surface area contributed by atoms with Crippen molar-refractivity contribution in [2.75, 3.05) is 49.6 Å². The summed E-state index contributed by atoms with van der Waals surface area (Å²) in [6.07, 6.45) is 3.05. The molecule has 1 amide bonds. The lowest BCUT2D eigenvalue weighted by Gasteiger charge is -2.36. The van der Waals surface area contributed by atoms with E-state index in [0.717, 1.165) is 48.9 Å². The molecule has 8 nitrogen and oxygen atoms in total. The number of amides is 1. The maximum atomic E-state index is 13.5. The highest BCUT2D eigenvalue weighted by Gasteiger charge is 2.29. The van der Waals surface area contributed by atoms with Gasteiger partial charge < -0.3 is 19.9 Å². The number of morpholine rings is 1. The van der Waals surface area contributed by atoms with Crippen molar-refractivity contribution >= 4 is 23.2 Å². The zero-order valence-electron chi connectivity index (χ0n) is 19.6. The standard InChI is InChI=1S/C25H28F2N6O2/c1-17-10-21(29-25-28-16-33(30-25)23-13-19(26)12-20(27)14-23)15-22(11-17)31-4-2-18(3-5-31)24(34)32-6-8-35-9-7-32/h10-16,18H,2-9H2,1H3,(H,29,30). The number of halogens is 2. The van der Waals surface area contributed by atoms with Crippen LogP contribution in [0.5, 0.6) is 0 Å². The third-order valence-electron chi connectivity index (χ3n) is 6.45. The summed E-state index contributed by atoms with van der Waals surface area (Å²) in [7, 11) is 0. The Kier molecular flexibility index (Phi) is 6.63. The quantitative estimate of drug-likeness (QED) is 0.598. The fourth-order valence-electron chi connectivity index (χ4n) is 4.69. The van der Waals surface area contributed by atoms with Gasteiger partial charge in [-0.05, 0) is 55.7 Å². The first kappa shape index (κ1) is 23.2. The largest absolute Gasteiger partial charge is 0.378 e. The number of nitrogens with zero attached hydrogens (tertiary/aromatic N) is 5. The second-order valence-corrected chi connectivity index (χ2v) is 9.02. The molecule has 2 aromatic carbocycles. The molecular formula is C25H28F2N6O2. The predicted octanol–water partition coefficient (Wildman–Crippen LogP) is 3.67. The van der Waals surface area contributed by atoms with Gasteiger partial charge in [0.15, 0.2) is 0 Å². The van der Waals surface area contributed by atoms with E-state index in [1.165, 1.54) is 23.1 Å². The topological polar surface area (TPSA) is 75.5 Å². The van der Waals surface area contributed by atoms with Crippen LogP contribution in [-0.2, 0) is 9.53 Å². The van der Waals surface area contributed by atoms with Crippen molar-refractivity contribution in [2.24, 2.45) is 5.92 Å². The van der Waals surface area contributed by atoms with E-state index in [2.05, 4.69) is 26.4 Å². The van der Waals surface area contributed by atoms with E-state index in [1.54, 1.807) is 0 Å². The lowest BCUT2D eigenvalue weighted by atomic mass is 9.94. The molecule has 0 spiro atoms. The van der Waals surface area contributed by atoms with Crippen molar-refractivity contribution in [3.8, 4) is 5.69 Å². The molecule has 1 aromatic heterocycles. The minimum absolute atomic E-state index is 0.0626. The number of hydrogen-bond donors (Lipinski definition) is 1. The van der Waals surface area contributed by atoms with E-state index in [4.69, 9.17) is 4.74 Å². The zero-order valence-corrected chi connectivity index (χ0v) is 19.6. The molecule has 2 fully saturated rings. The fraction of sp³-hybridized carbons (Fsp3) is 0.400. The lowest BCUT2D eigenvalue weighted by molar-refractivity contribution is -0.140. The van der Waals surface area contributed by atoms with Crippen LogP contribution in [0.15, 0.2) is 42.7 Å². The van der Waals surface area contributed by atoms with Crippen LogP contribution in [-0.4, -0.2) is 65.0 Å². The molecule has 0 atom stereocenters. The van der Waals surface area contributed by atoms with Crippen LogP contribution in [0.25, 0.3) is 5.69 Å². The van der Waals surface area contributed by atoms with E-state index in [0.29, 0.717) is 32.3 Å². The lowest BCUT2D eigenvalue weighted by Crippen LogP contribution is -2.46. The number of nitrogens with one attached hydrogen (secondary N) is 1. The van der Waals surface area contributed by atoms with Gasteiger partial charge in [-0.3, -0.25) is 4.79 Å². The highest BCUT2D eigenvalue weighted by Crippen LogP contribution is 2.29. The number of carbonyl (C=O) groups excluding carboxylic acids is 1. The van der Waals surface area contributed by atoms with E-state index in [9.17, 15) is 13.6 Å². The molecule has 3 aromatic rings. The molecule has 2 saturated heterocycles. The molecule has 35 heavy (non-hydrogen) atoms. The van der Waals surface area contributed by atoms with E-state index in [-0.39, 0.29) is 17.5 Å². The molecular weight excluding hydrogens is 454 g/mol. The molecule has 0 bridgehead atoms. The van der Waals surface area contributed by atoms with E-state index >= 15 is 0 Å². The highest BCUT2D eigenvalue weighted by atomic mass is 19.1. The number of aromatic nitrogens is 3. The average molecular weight is 483 g/mol. The Bertz CT molecular complexity index is 1180. The first-order valence-electron chi connectivity index (χ1n) is 11.8. The first-order valence-corrected chi connectivity index (χ1v) is 11.8. The zero-order chi connectivity index (χ0) is 24.4. The third kappa shape index (κ3) is 5.43. The van der Waals surface area contributed by atoms with Gasteiger partial charge in [0, 0.05) is 49.5 Å². The Labute approximate surface area is 202 Å². The Hall–Kier alpha value is -3.53. The Morgan fingerprint density at radius 2 is 1.69 bits per heavy atom. The number of ether oxygens (including phenoxy) is 1. The van der Waals surface area contributed by atoms with Crippen LogP contribution >= 0.6 is 0 Å². The SMILES string of the molecule is Cc1cc(Nc2ncn(-c3cc(F)cc(F)c3)n2)cc(N2CCC(C(=O)N3CCOCC3)CC2)c1. The van der Waals surface area contributed by atoms with Crippen LogP contribution < -0.4 is 10.2 Å². The molecule has 5 rings (SSSR count). The van der Waals surface area contributed by atoms with Gasteiger partial charge in [0.2, 0.25) is 11.9 Å². The molecule has 1 N–H and O–H groups in total. The summed E-state index contributed by atoms with van der Waals surface area (Å²) in [6.45, 7) is 6.24. The smallest absolute Gasteiger partial charge is 0.246 e. The third-order valence-corrected chi connectivity index (χ3v) is 6.45. The van der Waals surface area contributed by atoms with Gasteiger partial charge in [0.1, 0.15) is 18.0 Å². The van der Waals surface area contributed by atoms with Crippen LogP contribution in [0.4, 0.5) is 26.1 Å². The summed E-state index contributed by atoms with van der Waals surface area (Å²) in [5, 5.41) is 7.48. The summed E-state index contributed by atoms with van der Waals surface area (Å²) in [5.41, 5.74) is 3.21. The second kappa shape index (κ2) is 9.99. The minimum Gasteiger partial charge on any atom is -0.378 e. The van der Waals surface area contributed by atoms with Crippen molar-refractivity contribution in [1.29, 1.82) is 0 Å². The Balaban J connectivity index is 1.24. The van der Waals surface area contributed by atoms with Crippen LogP contribution in [0.2, 0.25) is 0 Å². The van der Waals surface area contributed by atoms with Gasteiger partial charge >= 0.3 is 0 Å².